The molecule has 3 rings (SSSR count). The molecule has 9 heteroatoms. The maximum absolute atomic E-state index is 13.4. The van der Waals surface area contributed by atoms with Gasteiger partial charge >= 0.3 is 12.2 Å². The summed E-state index contributed by atoms with van der Waals surface area (Å²) in [6.07, 6.45) is 1.86. The summed E-state index contributed by atoms with van der Waals surface area (Å²) in [7, 11) is 0. The van der Waals surface area contributed by atoms with E-state index in [1.54, 1.807) is 0 Å². The number of rotatable bonds is 3. The Morgan fingerprint density at radius 3 is 2.58 bits per heavy atom. The molecule has 6 nitrogen and oxygen atoms in total. The van der Waals surface area contributed by atoms with Gasteiger partial charge in [-0.05, 0) is 38.0 Å². The Hall–Kier alpha value is -1.80. The van der Waals surface area contributed by atoms with Crippen LogP contribution in [-0.4, -0.2) is 44.9 Å². The van der Waals surface area contributed by atoms with Gasteiger partial charge in [0.05, 0.1) is 6.04 Å². The summed E-state index contributed by atoms with van der Waals surface area (Å²) in [6.45, 7) is 0.423. The number of aromatic nitrogens is 3. The number of alkyl halides is 3. The molecule has 24 heavy (non-hydrogen) atoms. The van der Waals surface area contributed by atoms with Crippen molar-refractivity contribution in [1.29, 1.82) is 0 Å². The zero-order valence-electron chi connectivity index (χ0n) is 13.4. The van der Waals surface area contributed by atoms with E-state index in [1.165, 1.54) is 11.2 Å². The Kier molecular flexibility index (Phi) is 4.96. The lowest BCUT2D eigenvalue weighted by atomic mass is 9.97. The van der Waals surface area contributed by atoms with Crippen LogP contribution in [0.3, 0.4) is 0 Å². The Morgan fingerprint density at radius 1 is 1.25 bits per heavy atom. The molecule has 1 aliphatic carbocycles. The number of carbonyl (C=O) groups is 1. The minimum absolute atomic E-state index is 0.348. The molecule has 2 heterocycles. The molecule has 134 valence electrons. The highest BCUT2D eigenvalue weighted by atomic mass is 19.4. The van der Waals surface area contributed by atoms with Crippen LogP contribution in [0.15, 0.2) is 6.33 Å². The molecule has 1 saturated carbocycles. The zero-order valence-corrected chi connectivity index (χ0v) is 13.4. The van der Waals surface area contributed by atoms with Gasteiger partial charge in [-0.2, -0.15) is 18.3 Å². The van der Waals surface area contributed by atoms with Crippen LogP contribution in [0.5, 0.6) is 0 Å². The van der Waals surface area contributed by atoms with Crippen LogP contribution in [0.4, 0.5) is 18.0 Å². The molecule has 1 aromatic rings. The van der Waals surface area contributed by atoms with E-state index < -0.39 is 24.2 Å². The average molecular weight is 345 g/mol. The van der Waals surface area contributed by atoms with Gasteiger partial charge in [-0.3, -0.25) is 5.10 Å². The number of H-pyrrole nitrogens is 1. The highest BCUT2D eigenvalue weighted by molar-refractivity contribution is 5.75. The maximum atomic E-state index is 13.4. The Labute approximate surface area is 138 Å². The second kappa shape index (κ2) is 6.98. The summed E-state index contributed by atoms with van der Waals surface area (Å²) in [5.41, 5.74) is 0. The predicted molar refractivity (Wildman–Crippen MR) is 80.0 cm³/mol. The van der Waals surface area contributed by atoms with Crippen LogP contribution in [0.25, 0.3) is 0 Å². The molecule has 0 spiro atoms. The fourth-order valence-electron chi connectivity index (χ4n) is 3.81. The first kappa shape index (κ1) is 17.0. The van der Waals surface area contributed by atoms with E-state index in [1.807, 2.05) is 0 Å². The predicted octanol–water partition coefficient (Wildman–Crippen LogP) is 3.16. The van der Waals surface area contributed by atoms with Crippen LogP contribution in [0, 0.1) is 5.92 Å². The fraction of sp³-hybridized carbons (Fsp3) is 0.800. The third-order valence-corrected chi connectivity index (χ3v) is 5.02. The summed E-state index contributed by atoms with van der Waals surface area (Å²) in [4.78, 5) is 18.1. The number of nitrogens with zero attached hydrogens (tertiary/aromatic N) is 3. The molecule has 2 amide bonds. The van der Waals surface area contributed by atoms with Crippen LogP contribution in [0.1, 0.15) is 56.8 Å². The highest BCUT2D eigenvalue weighted by Gasteiger charge is 2.47. The Bertz CT molecular complexity index is 542. The number of amides is 2. The van der Waals surface area contributed by atoms with Crippen molar-refractivity contribution in [1.82, 2.24) is 25.4 Å². The third-order valence-electron chi connectivity index (χ3n) is 5.02. The van der Waals surface area contributed by atoms with Crippen molar-refractivity contribution in [3.8, 4) is 0 Å². The van der Waals surface area contributed by atoms with Crippen molar-refractivity contribution in [2.75, 3.05) is 6.54 Å². The van der Waals surface area contributed by atoms with Gasteiger partial charge in [0.15, 0.2) is 0 Å². The second-order valence-electron chi connectivity index (χ2n) is 6.59. The number of hydrogen-bond donors (Lipinski definition) is 2. The van der Waals surface area contributed by atoms with Gasteiger partial charge in [-0.15, -0.1) is 0 Å². The molecule has 2 fully saturated rings. The van der Waals surface area contributed by atoms with E-state index >= 15 is 0 Å². The van der Waals surface area contributed by atoms with Gasteiger partial charge in [-0.1, -0.05) is 12.8 Å². The van der Waals surface area contributed by atoms with E-state index in [9.17, 15) is 18.0 Å². The minimum Gasteiger partial charge on any atom is -0.326 e. The number of halogens is 3. The number of carbonyl (C=O) groups excluding carboxylic acids is 1. The Morgan fingerprint density at radius 2 is 1.96 bits per heavy atom. The van der Waals surface area contributed by atoms with Crippen molar-refractivity contribution in [2.45, 2.75) is 63.2 Å². The van der Waals surface area contributed by atoms with Gasteiger partial charge in [-0.25, -0.2) is 9.78 Å². The average Bonchev–Trinajstić information content (AvgIpc) is 3.24. The first-order valence-electron chi connectivity index (χ1n) is 8.46. The van der Waals surface area contributed by atoms with Crippen LogP contribution >= 0.6 is 0 Å². The summed E-state index contributed by atoms with van der Waals surface area (Å²) in [5, 5.41) is 8.77. The molecule has 1 aromatic heterocycles. The number of nitrogens with one attached hydrogen (secondary N) is 2. The standard InChI is InChI=1S/C15H22F3N5O/c16-15(17,18)12(10-5-1-2-6-10)21-14(24)23-8-4-3-7-11(23)13-19-9-20-22-13/h9-12H,1-8H2,(H,21,24)(H,19,20,22)/t11-,12-/m1/s1. The lowest BCUT2D eigenvalue weighted by molar-refractivity contribution is -0.165. The number of piperidine rings is 1. The number of aromatic amines is 1. The lowest BCUT2D eigenvalue weighted by Crippen LogP contribution is -2.55. The molecule has 0 aromatic carbocycles. The lowest BCUT2D eigenvalue weighted by Gasteiger charge is -2.36. The molecule has 0 unspecified atom stereocenters. The van der Waals surface area contributed by atoms with Gasteiger partial charge < -0.3 is 10.2 Å². The third kappa shape index (κ3) is 3.64. The smallest absolute Gasteiger partial charge is 0.326 e. The van der Waals surface area contributed by atoms with E-state index in [4.69, 9.17) is 0 Å². The van der Waals surface area contributed by atoms with E-state index in [-0.39, 0.29) is 6.04 Å². The first-order chi connectivity index (χ1) is 11.5. The van der Waals surface area contributed by atoms with Crippen molar-refractivity contribution >= 4 is 6.03 Å². The maximum Gasteiger partial charge on any atom is 0.408 e. The zero-order chi connectivity index (χ0) is 17.2. The topological polar surface area (TPSA) is 73.9 Å². The van der Waals surface area contributed by atoms with Crippen LogP contribution < -0.4 is 5.32 Å². The van der Waals surface area contributed by atoms with Crippen molar-refractivity contribution in [2.24, 2.45) is 5.92 Å². The molecular formula is C15H22F3N5O. The number of urea groups is 1. The van der Waals surface area contributed by atoms with Crippen molar-refractivity contribution in [3.05, 3.63) is 12.2 Å². The molecule has 2 aliphatic rings. The van der Waals surface area contributed by atoms with Crippen LogP contribution in [0.2, 0.25) is 0 Å². The molecular weight excluding hydrogens is 323 g/mol. The summed E-state index contributed by atoms with van der Waals surface area (Å²) >= 11 is 0. The largest absolute Gasteiger partial charge is 0.408 e. The van der Waals surface area contributed by atoms with Crippen molar-refractivity contribution in [3.63, 3.8) is 0 Å². The number of likely N-dealkylation sites (tertiary alicyclic amines) is 1. The monoisotopic (exact) mass is 345 g/mol. The van der Waals surface area contributed by atoms with Gasteiger partial charge in [0.25, 0.3) is 0 Å². The fourth-order valence-corrected chi connectivity index (χ4v) is 3.81. The van der Waals surface area contributed by atoms with E-state index in [0.717, 1.165) is 25.7 Å². The van der Waals surface area contributed by atoms with Gasteiger partial charge in [0, 0.05) is 6.54 Å². The van der Waals surface area contributed by atoms with Gasteiger partial charge in [0.1, 0.15) is 18.2 Å². The molecule has 1 saturated heterocycles. The molecule has 2 atom stereocenters. The SMILES string of the molecule is O=C(N[C@H](C1CCCC1)C(F)(F)F)N1CCCC[C@@H]1c1ncn[nH]1. The summed E-state index contributed by atoms with van der Waals surface area (Å²) in [6, 6.07) is -2.78. The van der Waals surface area contributed by atoms with Gasteiger partial charge in [0.2, 0.25) is 0 Å². The highest BCUT2D eigenvalue weighted by Crippen LogP contribution is 2.36. The number of hydrogen-bond acceptors (Lipinski definition) is 3. The first-order valence-corrected chi connectivity index (χ1v) is 8.46. The molecule has 2 N–H and O–H groups in total. The summed E-state index contributed by atoms with van der Waals surface area (Å²) in [5.74, 6) is -0.00301. The van der Waals surface area contributed by atoms with E-state index in [2.05, 4.69) is 20.5 Å². The molecule has 0 radical (unpaired) electrons. The van der Waals surface area contributed by atoms with E-state index in [0.29, 0.717) is 31.6 Å². The van der Waals surface area contributed by atoms with Crippen LogP contribution in [-0.2, 0) is 0 Å². The normalized spacial score (nSPS) is 24.1. The van der Waals surface area contributed by atoms with Crippen molar-refractivity contribution < 1.29 is 18.0 Å². The quantitative estimate of drug-likeness (QED) is 0.884. The summed E-state index contributed by atoms with van der Waals surface area (Å²) < 4.78 is 40.2. The Balaban J connectivity index is 1.73. The molecule has 1 aliphatic heterocycles. The minimum atomic E-state index is -4.43. The second-order valence-corrected chi connectivity index (χ2v) is 6.59. The molecule has 0 bridgehead atoms.